The molecular formula is C20H27N3O5. The molecule has 1 unspecified atom stereocenters. The lowest BCUT2D eigenvalue weighted by molar-refractivity contribution is -0.138. The lowest BCUT2D eigenvalue weighted by atomic mass is 9.96. The second-order valence-corrected chi connectivity index (χ2v) is 7.11. The smallest absolute Gasteiger partial charge is 0.409 e. The largest absolute Gasteiger partial charge is 0.497 e. The fourth-order valence-corrected chi connectivity index (χ4v) is 3.53. The van der Waals surface area contributed by atoms with Crippen molar-refractivity contribution in [2.24, 2.45) is 5.92 Å². The van der Waals surface area contributed by atoms with Gasteiger partial charge in [-0.2, -0.15) is 0 Å². The highest BCUT2D eigenvalue weighted by atomic mass is 16.6. The molecule has 2 heterocycles. The van der Waals surface area contributed by atoms with Gasteiger partial charge in [-0.05, 0) is 30.5 Å². The van der Waals surface area contributed by atoms with E-state index in [1.165, 1.54) is 0 Å². The first-order chi connectivity index (χ1) is 13.6. The molecule has 8 heteroatoms. The predicted molar refractivity (Wildman–Crippen MR) is 102 cm³/mol. The molecule has 2 fully saturated rings. The molecule has 8 nitrogen and oxygen atoms in total. The van der Waals surface area contributed by atoms with Crippen LogP contribution in [0.25, 0.3) is 0 Å². The highest BCUT2D eigenvalue weighted by Gasteiger charge is 2.30. The standard InChI is InChI=1S/C20H27N3O5/c1-27-17-5-2-4-15(12-17)13-23-14-16(6-7-18(23)24)19(25)21-8-10-22-9-3-11-28-20(22)26/h2,4-5,12,16H,3,6-11,13-14H2,1H3,(H,21,25). The van der Waals surface area contributed by atoms with Crippen LogP contribution in [-0.4, -0.2) is 67.6 Å². The number of amides is 3. The average molecular weight is 389 g/mol. The van der Waals surface area contributed by atoms with Gasteiger partial charge in [0.25, 0.3) is 0 Å². The van der Waals surface area contributed by atoms with Crippen LogP contribution in [-0.2, 0) is 20.9 Å². The van der Waals surface area contributed by atoms with E-state index < -0.39 is 0 Å². The Hall–Kier alpha value is -2.77. The van der Waals surface area contributed by atoms with Crippen molar-refractivity contribution in [1.82, 2.24) is 15.1 Å². The molecule has 2 saturated heterocycles. The second-order valence-electron chi connectivity index (χ2n) is 7.11. The van der Waals surface area contributed by atoms with Crippen molar-refractivity contribution in [1.29, 1.82) is 0 Å². The molecule has 0 radical (unpaired) electrons. The van der Waals surface area contributed by atoms with Crippen LogP contribution in [0.2, 0.25) is 0 Å². The Bertz CT molecular complexity index is 724. The van der Waals surface area contributed by atoms with Gasteiger partial charge in [0.2, 0.25) is 11.8 Å². The van der Waals surface area contributed by atoms with Gasteiger partial charge in [0.1, 0.15) is 5.75 Å². The third-order valence-corrected chi connectivity index (χ3v) is 5.12. The highest BCUT2D eigenvalue weighted by molar-refractivity contribution is 5.83. The number of benzene rings is 1. The number of hydrogen-bond acceptors (Lipinski definition) is 5. The van der Waals surface area contributed by atoms with E-state index >= 15 is 0 Å². The summed E-state index contributed by atoms with van der Waals surface area (Å²) in [7, 11) is 1.61. The van der Waals surface area contributed by atoms with Crippen LogP contribution in [0, 0.1) is 5.92 Å². The predicted octanol–water partition coefficient (Wildman–Crippen LogP) is 1.39. The second kappa shape index (κ2) is 9.43. The summed E-state index contributed by atoms with van der Waals surface area (Å²) in [6.07, 6.45) is 1.39. The average Bonchev–Trinajstić information content (AvgIpc) is 2.71. The van der Waals surface area contributed by atoms with E-state index in [0.717, 1.165) is 17.7 Å². The lowest BCUT2D eigenvalue weighted by Crippen LogP contribution is -2.47. The number of likely N-dealkylation sites (tertiary alicyclic amines) is 1. The number of methoxy groups -OCH3 is 1. The SMILES string of the molecule is COc1cccc(CN2CC(C(=O)NCCN3CCCOC3=O)CCC2=O)c1. The summed E-state index contributed by atoms with van der Waals surface area (Å²) in [4.78, 5) is 39.7. The summed E-state index contributed by atoms with van der Waals surface area (Å²) in [5.41, 5.74) is 0.970. The van der Waals surface area contributed by atoms with Crippen molar-refractivity contribution < 1.29 is 23.9 Å². The summed E-state index contributed by atoms with van der Waals surface area (Å²) in [6.45, 7) is 2.78. The molecule has 152 valence electrons. The molecule has 2 aliphatic rings. The van der Waals surface area contributed by atoms with E-state index in [4.69, 9.17) is 9.47 Å². The van der Waals surface area contributed by atoms with Gasteiger partial charge in [-0.15, -0.1) is 0 Å². The number of carbonyl (C=O) groups excluding carboxylic acids is 3. The Morgan fingerprint density at radius 2 is 2.18 bits per heavy atom. The molecule has 1 aromatic carbocycles. The van der Waals surface area contributed by atoms with Crippen LogP contribution >= 0.6 is 0 Å². The van der Waals surface area contributed by atoms with Gasteiger partial charge in [-0.25, -0.2) is 4.79 Å². The monoisotopic (exact) mass is 389 g/mol. The van der Waals surface area contributed by atoms with Crippen molar-refractivity contribution in [3.8, 4) is 5.75 Å². The van der Waals surface area contributed by atoms with Crippen LogP contribution < -0.4 is 10.1 Å². The number of hydrogen-bond donors (Lipinski definition) is 1. The van der Waals surface area contributed by atoms with Crippen molar-refractivity contribution in [2.45, 2.75) is 25.8 Å². The van der Waals surface area contributed by atoms with Gasteiger partial charge in [0.05, 0.1) is 19.6 Å². The topological polar surface area (TPSA) is 88.2 Å². The van der Waals surface area contributed by atoms with Crippen LogP contribution in [0.4, 0.5) is 4.79 Å². The molecule has 1 N–H and O–H groups in total. The van der Waals surface area contributed by atoms with Crippen molar-refractivity contribution in [3.63, 3.8) is 0 Å². The minimum Gasteiger partial charge on any atom is -0.497 e. The Morgan fingerprint density at radius 3 is 2.96 bits per heavy atom. The number of nitrogens with zero attached hydrogens (tertiary/aromatic N) is 2. The zero-order chi connectivity index (χ0) is 19.9. The van der Waals surface area contributed by atoms with E-state index in [-0.39, 0.29) is 23.8 Å². The maximum absolute atomic E-state index is 12.5. The molecule has 2 aliphatic heterocycles. The van der Waals surface area contributed by atoms with Gasteiger partial charge in [-0.1, -0.05) is 12.1 Å². The maximum atomic E-state index is 12.5. The molecule has 3 amide bonds. The third-order valence-electron chi connectivity index (χ3n) is 5.12. The summed E-state index contributed by atoms with van der Waals surface area (Å²) in [5.74, 6) is 0.487. The van der Waals surface area contributed by atoms with Crippen LogP contribution in [0.3, 0.4) is 0 Å². The summed E-state index contributed by atoms with van der Waals surface area (Å²) in [6, 6.07) is 7.58. The number of nitrogens with one attached hydrogen (secondary N) is 1. The molecule has 0 spiro atoms. The molecule has 1 atom stereocenters. The van der Waals surface area contributed by atoms with E-state index in [0.29, 0.717) is 52.2 Å². The summed E-state index contributed by atoms with van der Waals surface area (Å²) in [5, 5.41) is 2.89. The van der Waals surface area contributed by atoms with Crippen molar-refractivity contribution in [2.75, 3.05) is 39.9 Å². The molecule has 0 aliphatic carbocycles. The first-order valence-corrected chi connectivity index (χ1v) is 9.67. The zero-order valence-corrected chi connectivity index (χ0v) is 16.2. The number of cyclic esters (lactones) is 1. The molecule has 1 aromatic rings. The molecule has 0 saturated carbocycles. The van der Waals surface area contributed by atoms with Crippen LogP contribution in [0.5, 0.6) is 5.75 Å². The molecule has 0 aromatic heterocycles. The van der Waals surface area contributed by atoms with E-state index in [9.17, 15) is 14.4 Å². The Morgan fingerprint density at radius 1 is 1.32 bits per heavy atom. The zero-order valence-electron chi connectivity index (χ0n) is 16.2. The summed E-state index contributed by atoms with van der Waals surface area (Å²) < 4.78 is 10.2. The Balaban J connectivity index is 1.49. The number of rotatable bonds is 7. The fourth-order valence-electron chi connectivity index (χ4n) is 3.53. The lowest BCUT2D eigenvalue weighted by Gasteiger charge is -2.32. The van der Waals surface area contributed by atoms with Gasteiger partial charge in [0, 0.05) is 39.1 Å². The van der Waals surface area contributed by atoms with Gasteiger partial charge in [0.15, 0.2) is 0 Å². The molecule has 3 rings (SSSR count). The fraction of sp³-hybridized carbons (Fsp3) is 0.550. The Labute approximate surface area is 164 Å². The first kappa shape index (κ1) is 20.0. The normalized spacial score (nSPS) is 20.0. The molecular weight excluding hydrogens is 362 g/mol. The minimum atomic E-state index is -0.326. The third kappa shape index (κ3) is 5.15. The maximum Gasteiger partial charge on any atom is 0.409 e. The van der Waals surface area contributed by atoms with E-state index in [2.05, 4.69) is 5.32 Å². The van der Waals surface area contributed by atoms with Gasteiger partial charge in [-0.3, -0.25) is 9.59 Å². The first-order valence-electron chi connectivity index (χ1n) is 9.67. The minimum absolute atomic E-state index is 0.0583. The molecule has 0 bridgehead atoms. The molecule has 28 heavy (non-hydrogen) atoms. The number of piperidine rings is 1. The van der Waals surface area contributed by atoms with Crippen molar-refractivity contribution >= 4 is 17.9 Å². The summed E-state index contributed by atoms with van der Waals surface area (Å²) >= 11 is 0. The van der Waals surface area contributed by atoms with Gasteiger partial charge >= 0.3 is 6.09 Å². The Kier molecular flexibility index (Phi) is 6.73. The number of carbonyl (C=O) groups is 3. The quantitative estimate of drug-likeness (QED) is 0.761. The highest BCUT2D eigenvalue weighted by Crippen LogP contribution is 2.21. The van der Waals surface area contributed by atoms with Crippen molar-refractivity contribution in [3.05, 3.63) is 29.8 Å². The van der Waals surface area contributed by atoms with Gasteiger partial charge < -0.3 is 24.6 Å². The van der Waals surface area contributed by atoms with Crippen LogP contribution in [0.15, 0.2) is 24.3 Å². The van der Waals surface area contributed by atoms with E-state index in [1.54, 1.807) is 16.9 Å². The van der Waals surface area contributed by atoms with E-state index in [1.807, 2.05) is 24.3 Å². The van der Waals surface area contributed by atoms with Crippen LogP contribution in [0.1, 0.15) is 24.8 Å². The number of ether oxygens (including phenoxy) is 2.